The van der Waals surface area contributed by atoms with E-state index in [1.165, 1.54) is 0 Å². The molecule has 0 spiro atoms. The molecule has 0 aromatic carbocycles. The molecule has 1 aromatic rings. The average Bonchev–Trinajstić information content (AvgIpc) is 2.84. The summed E-state index contributed by atoms with van der Waals surface area (Å²) in [6, 6.07) is 0. The Hall–Kier alpha value is -0.850. The van der Waals surface area contributed by atoms with Gasteiger partial charge in [0.2, 0.25) is 0 Å². The largest absolute Gasteiger partial charge is 0.396 e. The highest BCUT2D eigenvalue weighted by atomic mass is 32.2. The zero-order valence-electron chi connectivity index (χ0n) is 11.2. The quantitative estimate of drug-likeness (QED) is 0.450. The number of allylic oxidation sites excluding steroid dienone is 1. The Morgan fingerprint density at radius 3 is 2.89 bits per heavy atom. The first kappa shape index (κ1) is 14.6. The number of hydrogen-bond donors (Lipinski definition) is 2. The predicted octanol–water partition coefficient (Wildman–Crippen LogP) is 1.41. The molecule has 5 nitrogen and oxygen atoms in total. The second-order valence-electron chi connectivity index (χ2n) is 4.69. The number of rotatable bonds is 7. The molecule has 2 rings (SSSR count). The third-order valence-corrected chi connectivity index (χ3v) is 4.35. The van der Waals surface area contributed by atoms with Gasteiger partial charge in [0.1, 0.15) is 5.82 Å². The molecular formula is C13H22N4OS. The van der Waals surface area contributed by atoms with Crippen LogP contribution in [0.4, 0.5) is 0 Å². The molecule has 0 bridgehead atoms. The van der Waals surface area contributed by atoms with Crippen LogP contribution in [0.1, 0.15) is 31.0 Å². The van der Waals surface area contributed by atoms with E-state index >= 15 is 0 Å². The van der Waals surface area contributed by atoms with Crippen LogP contribution in [0.3, 0.4) is 0 Å². The van der Waals surface area contributed by atoms with Gasteiger partial charge in [0, 0.05) is 24.8 Å². The van der Waals surface area contributed by atoms with Crippen LogP contribution < -0.4 is 5.32 Å². The van der Waals surface area contributed by atoms with E-state index in [2.05, 4.69) is 26.7 Å². The van der Waals surface area contributed by atoms with Crippen molar-refractivity contribution in [3.05, 3.63) is 18.5 Å². The summed E-state index contributed by atoms with van der Waals surface area (Å²) in [4.78, 5) is 0. The minimum absolute atomic E-state index is 0.226. The maximum Gasteiger partial charge on any atom is 0.191 e. The van der Waals surface area contributed by atoms with E-state index in [4.69, 9.17) is 5.11 Å². The highest BCUT2D eigenvalue weighted by molar-refractivity contribution is 7.99. The summed E-state index contributed by atoms with van der Waals surface area (Å²) in [6.07, 6.45) is 4.92. The predicted molar refractivity (Wildman–Crippen MR) is 77.5 cm³/mol. The fraction of sp³-hybridized carbons (Fsp3) is 0.692. The van der Waals surface area contributed by atoms with Crippen LogP contribution >= 0.6 is 11.8 Å². The molecule has 0 unspecified atom stereocenters. The third-order valence-electron chi connectivity index (χ3n) is 3.30. The summed E-state index contributed by atoms with van der Waals surface area (Å²) >= 11 is 1.66. The lowest BCUT2D eigenvalue weighted by molar-refractivity contribution is 0.296. The van der Waals surface area contributed by atoms with E-state index in [-0.39, 0.29) is 6.61 Å². The SMILES string of the molecule is C=CCn1c(SCCCO)nnc1C1CCNCC1. The minimum atomic E-state index is 0.226. The minimum Gasteiger partial charge on any atom is -0.396 e. The summed E-state index contributed by atoms with van der Waals surface area (Å²) in [5.41, 5.74) is 0. The molecule has 6 heteroatoms. The normalized spacial score (nSPS) is 16.7. The Labute approximate surface area is 118 Å². The fourth-order valence-electron chi connectivity index (χ4n) is 2.32. The molecule has 1 saturated heterocycles. The van der Waals surface area contributed by atoms with Gasteiger partial charge in [-0.3, -0.25) is 0 Å². The molecule has 0 saturated carbocycles. The maximum absolute atomic E-state index is 8.85. The smallest absolute Gasteiger partial charge is 0.191 e. The van der Waals surface area contributed by atoms with Gasteiger partial charge in [-0.25, -0.2) is 0 Å². The highest BCUT2D eigenvalue weighted by Crippen LogP contribution is 2.27. The number of aliphatic hydroxyl groups is 1. The lowest BCUT2D eigenvalue weighted by Crippen LogP contribution is -2.28. The molecule has 1 fully saturated rings. The molecule has 1 aliphatic rings. The van der Waals surface area contributed by atoms with Gasteiger partial charge in [-0.05, 0) is 32.4 Å². The van der Waals surface area contributed by atoms with Crippen molar-refractivity contribution in [3.8, 4) is 0 Å². The molecule has 1 aromatic heterocycles. The van der Waals surface area contributed by atoms with Crippen molar-refractivity contribution in [1.82, 2.24) is 20.1 Å². The maximum atomic E-state index is 8.85. The van der Waals surface area contributed by atoms with Gasteiger partial charge in [0.25, 0.3) is 0 Å². The molecule has 0 radical (unpaired) electrons. The van der Waals surface area contributed by atoms with Gasteiger partial charge in [-0.2, -0.15) is 0 Å². The number of nitrogens with zero attached hydrogens (tertiary/aromatic N) is 3. The Bertz CT molecular complexity index is 401. The van der Waals surface area contributed by atoms with Crippen molar-refractivity contribution >= 4 is 11.8 Å². The number of nitrogens with one attached hydrogen (secondary N) is 1. The van der Waals surface area contributed by atoms with Crippen molar-refractivity contribution in [2.45, 2.75) is 36.9 Å². The van der Waals surface area contributed by atoms with Crippen molar-refractivity contribution in [2.75, 3.05) is 25.4 Å². The number of hydrogen-bond acceptors (Lipinski definition) is 5. The number of thioether (sulfide) groups is 1. The molecule has 0 atom stereocenters. The highest BCUT2D eigenvalue weighted by Gasteiger charge is 2.22. The second kappa shape index (κ2) is 7.67. The van der Waals surface area contributed by atoms with Crippen molar-refractivity contribution in [1.29, 1.82) is 0 Å². The first-order valence-electron chi connectivity index (χ1n) is 6.85. The molecule has 106 valence electrons. The van der Waals surface area contributed by atoms with Gasteiger partial charge in [0.05, 0.1) is 0 Å². The molecule has 0 aliphatic carbocycles. The van der Waals surface area contributed by atoms with E-state index in [0.29, 0.717) is 5.92 Å². The Morgan fingerprint density at radius 1 is 1.42 bits per heavy atom. The molecule has 1 aliphatic heterocycles. The first-order chi connectivity index (χ1) is 9.36. The Balaban J connectivity index is 2.10. The Kier molecular flexibility index (Phi) is 5.88. The lowest BCUT2D eigenvalue weighted by atomic mass is 9.97. The van der Waals surface area contributed by atoms with Crippen LogP contribution in [-0.4, -0.2) is 45.3 Å². The van der Waals surface area contributed by atoms with Crippen LogP contribution in [-0.2, 0) is 6.54 Å². The van der Waals surface area contributed by atoms with Crippen LogP contribution in [0.25, 0.3) is 0 Å². The zero-order chi connectivity index (χ0) is 13.5. The summed E-state index contributed by atoms with van der Waals surface area (Å²) in [5.74, 6) is 2.46. The second-order valence-corrected chi connectivity index (χ2v) is 5.75. The summed E-state index contributed by atoms with van der Waals surface area (Å²) < 4.78 is 2.17. The number of aromatic nitrogens is 3. The summed E-state index contributed by atoms with van der Waals surface area (Å²) in [6.45, 7) is 6.91. The molecule has 0 amide bonds. The van der Waals surface area contributed by atoms with E-state index in [1.807, 2.05) is 6.08 Å². The molecule has 2 heterocycles. The van der Waals surface area contributed by atoms with E-state index < -0.39 is 0 Å². The van der Waals surface area contributed by atoms with Crippen LogP contribution in [0, 0.1) is 0 Å². The monoisotopic (exact) mass is 282 g/mol. The molecule has 19 heavy (non-hydrogen) atoms. The lowest BCUT2D eigenvalue weighted by Gasteiger charge is -2.22. The van der Waals surface area contributed by atoms with Crippen LogP contribution in [0.15, 0.2) is 17.8 Å². The van der Waals surface area contributed by atoms with Crippen molar-refractivity contribution in [2.24, 2.45) is 0 Å². The third kappa shape index (κ3) is 3.81. The first-order valence-corrected chi connectivity index (χ1v) is 7.83. The summed E-state index contributed by atoms with van der Waals surface area (Å²) in [7, 11) is 0. The van der Waals surface area contributed by atoms with E-state index in [1.54, 1.807) is 11.8 Å². The molecule has 2 N–H and O–H groups in total. The zero-order valence-corrected chi connectivity index (χ0v) is 12.0. The van der Waals surface area contributed by atoms with Gasteiger partial charge < -0.3 is 15.0 Å². The van der Waals surface area contributed by atoms with Crippen LogP contribution in [0.5, 0.6) is 0 Å². The average molecular weight is 282 g/mol. The van der Waals surface area contributed by atoms with Gasteiger partial charge >= 0.3 is 0 Å². The van der Waals surface area contributed by atoms with Crippen molar-refractivity contribution in [3.63, 3.8) is 0 Å². The molecular weight excluding hydrogens is 260 g/mol. The van der Waals surface area contributed by atoms with Gasteiger partial charge in [-0.1, -0.05) is 17.8 Å². The Morgan fingerprint density at radius 2 is 2.21 bits per heavy atom. The topological polar surface area (TPSA) is 63.0 Å². The fourth-order valence-corrected chi connectivity index (χ4v) is 3.20. The summed E-state index contributed by atoms with van der Waals surface area (Å²) in [5, 5.41) is 21.9. The standard InChI is InChI=1S/C13H22N4OS/c1-2-8-17-12(11-4-6-14-7-5-11)15-16-13(17)19-10-3-9-18/h2,11,14,18H,1,3-10H2. The van der Waals surface area contributed by atoms with Gasteiger partial charge in [0.15, 0.2) is 5.16 Å². The van der Waals surface area contributed by atoms with Crippen molar-refractivity contribution < 1.29 is 5.11 Å². The van der Waals surface area contributed by atoms with E-state index in [0.717, 1.165) is 55.6 Å². The van der Waals surface area contributed by atoms with Gasteiger partial charge in [-0.15, -0.1) is 16.8 Å². The van der Waals surface area contributed by atoms with E-state index in [9.17, 15) is 0 Å². The number of piperidine rings is 1. The number of aliphatic hydroxyl groups excluding tert-OH is 1. The van der Waals surface area contributed by atoms with Crippen LogP contribution in [0.2, 0.25) is 0 Å².